The number of carbonyl (C=O) groups excluding carboxylic acids is 1. The SMILES string of the molecule is O=C(CSc1nc(Nc2ccc3c(c2)OCO3)c2ccccc2n1)c1ccc(F)cc1. The molecule has 6 nitrogen and oxygen atoms in total. The Morgan fingerprint density at radius 3 is 2.68 bits per heavy atom. The van der Waals surface area contributed by atoms with Gasteiger partial charge < -0.3 is 14.8 Å². The minimum atomic E-state index is -0.374. The van der Waals surface area contributed by atoms with Crippen LogP contribution in [0.15, 0.2) is 71.9 Å². The number of halogens is 1. The van der Waals surface area contributed by atoms with Crippen molar-refractivity contribution in [2.24, 2.45) is 0 Å². The zero-order chi connectivity index (χ0) is 21.2. The van der Waals surface area contributed by atoms with E-state index in [1.54, 1.807) is 0 Å². The molecule has 0 radical (unpaired) electrons. The first-order valence-electron chi connectivity index (χ1n) is 9.51. The molecule has 2 heterocycles. The number of ether oxygens (including phenoxy) is 2. The fourth-order valence-corrected chi connectivity index (χ4v) is 3.92. The van der Waals surface area contributed by atoms with E-state index in [9.17, 15) is 9.18 Å². The predicted octanol–water partition coefficient (Wildman–Crippen LogP) is 5.22. The van der Waals surface area contributed by atoms with Crippen molar-refractivity contribution in [2.75, 3.05) is 17.9 Å². The van der Waals surface area contributed by atoms with E-state index in [2.05, 4.69) is 15.3 Å². The van der Waals surface area contributed by atoms with Crippen molar-refractivity contribution < 1.29 is 18.7 Å². The normalized spacial score (nSPS) is 12.2. The molecule has 5 rings (SSSR count). The van der Waals surface area contributed by atoms with Gasteiger partial charge in [0.2, 0.25) is 6.79 Å². The molecular weight excluding hydrogens is 417 g/mol. The number of ketones is 1. The van der Waals surface area contributed by atoms with Gasteiger partial charge in [-0.1, -0.05) is 23.9 Å². The number of fused-ring (bicyclic) bond motifs is 2. The zero-order valence-corrected chi connectivity index (χ0v) is 17.0. The Morgan fingerprint density at radius 1 is 1.00 bits per heavy atom. The molecule has 154 valence electrons. The second-order valence-corrected chi connectivity index (χ2v) is 7.73. The first-order chi connectivity index (χ1) is 15.2. The summed E-state index contributed by atoms with van der Waals surface area (Å²) in [5, 5.41) is 4.64. The van der Waals surface area contributed by atoms with Gasteiger partial charge in [-0.3, -0.25) is 4.79 Å². The molecule has 0 saturated carbocycles. The molecule has 1 N–H and O–H groups in total. The van der Waals surface area contributed by atoms with Crippen LogP contribution in [0, 0.1) is 5.82 Å². The lowest BCUT2D eigenvalue weighted by molar-refractivity contribution is 0.102. The number of nitrogens with one attached hydrogen (secondary N) is 1. The molecule has 0 fully saturated rings. The van der Waals surface area contributed by atoms with Crippen LogP contribution in [0.1, 0.15) is 10.4 Å². The second-order valence-electron chi connectivity index (χ2n) is 6.78. The summed E-state index contributed by atoms with van der Waals surface area (Å²) in [4.78, 5) is 21.6. The Balaban J connectivity index is 1.40. The van der Waals surface area contributed by atoms with Gasteiger partial charge in [0.15, 0.2) is 22.4 Å². The number of anilines is 2. The molecule has 0 atom stereocenters. The summed E-state index contributed by atoms with van der Waals surface area (Å²) in [7, 11) is 0. The first kappa shape index (κ1) is 19.3. The van der Waals surface area contributed by atoms with Gasteiger partial charge in [0.1, 0.15) is 11.6 Å². The standard InChI is InChI=1S/C23H16FN3O3S/c24-15-7-5-14(6-8-15)19(28)12-31-23-26-18-4-2-1-3-17(18)22(27-23)25-16-9-10-20-21(11-16)30-13-29-20/h1-11H,12-13H2,(H,25,26,27). The number of Topliss-reactive ketones (excluding diaryl/α,β-unsaturated/α-hetero) is 1. The molecule has 0 unspecified atom stereocenters. The molecule has 0 saturated heterocycles. The highest BCUT2D eigenvalue weighted by Crippen LogP contribution is 2.36. The van der Waals surface area contributed by atoms with Crippen LogP contribution in [0.25, 0.3) is 10.9 Å². The van der Waals surface area contributed by atoms with Gasteiger partial charge in [0, 0.05) is 22.7 Å². The Morgan fingerprint density at radius 2 is 1.81 bits per heavy atom. The number of carbonyl (C=O) groups is 1. The number of nitrogens with zero attached hydrogens (tertiary/aromatic N) is 2. The van der Waals surface area contributed by atoms with Crippen molar-refractivity contribution in [1.82, 2.24) is 9.97 Å². The number of hydrogen-bond acceptors (Lipinski definition) is 7. The van der Waals surface area contributed by atoms with Crippen LogP contribution >= 0.6 is 11.8 Å². The van der Waals surface area contributed by atoms with Gasteiger partial charge in [0.05, 0.1) is 11.3 Å². The Hall–Kier alpha value is -3.65. The minimum Gasteiger partial charge on any atom is -0.454 e. The molecule has 0 spiro atoms. The van der Waals surface area contributed by atoms with Crippen molar-refractivity contribution in [2.45, 2.75) is 5.16 Å². The summed E-state index contributed by atoms with van der Waals surface area (Å²) in [5.74, 6) is 1.65. The molecule has 0 aliphatic carbocycles. The van der Waals surface area contributed by atoms with Gasteiger partial charge in [0.25, 0.3) is 0 Å². The van der Waals surface area contributed by atoms with Crippen LogP contribution in [0.3, 0.4) is 0 Å². The Bertz CT molecular complexity index is 1280. The van der Waals surface area contributed by atoms with E-state index in [1.807, 2.05) is 42.5 Å². The van der Waals surface area contributed by atoms with Crippen molar-refractivity contribution in [3.8, 4) is 11.5 Å². The van der Waals surface area contributed by atoms with E-state index in [1.165, 1.54) is 36.0 Å². The third-order valence-corrected chi connectivity index (χ3v) is 5.56. The summed E-state index contributed by atoms with van der Waals surface area (Å²) in [6, 6.07) is 18.7. The lowest BCUT2D eigenvalue weighted by Crippen LogP contribution is -2.04. The van der Waals surface area contributed by atoms with E-state index in [4.69, 9.17) is 9.47 Å². The molecule has 8 heteroatoms. The van der Waals surface area contributed by atoms with Crippen LogP contribution in [-0.2, 0) is 0 Å². The maximum absolute atomic E-state index is 13.1. The number of thioether (sulfide) groups is 1. The summed E-state index contributed by atoms with van der Waals surface area (Å²) in [5.41, 5.74) is 2.01. The van der Waals surface area contributed by atoms with Crippen molar-refractivity contribution >= 4 is 40.0 Å². The van der Waals surface area contributed by atoms with Crippen molar-refractivity contribution in [1.29, 1.82) is 0 Å². The molecule has 0 bridgehead atoms. The highest BCUT2D eigenvalue weighted by Gasteiger charge is 2.15. The van der Waals surface area contributed by atoms with Gasteiger partial charge in [-0.15, -0.1) is 0 Å². The van der Waals surface area contributed by atoms with Crippen LogP contribution in [0.2, 0.25) is 0 Å². The third kappa shape index (κ3) is 4.15. The third-order valence-electron chi connectivity index (χ3n) is 4.72. The van der Waals surface area contributed by atoms with E-state index < -0.39 is 0 Å². The lowest BCUT2D eigenvalue weighted by Gasteiger charge is -2.11. The second kappa shape index (κ2) is 8.23. The first-order valence-corrected chi connectivity index (χ1v) is 10.5. The van der Waals surface area contributed by atoms with Crippen LogP contribution < -0.4 is 14.8 Å². The fourth-order valence-electron chi connectivity index (χ4n) is 3.18. The topological polar surface area (TPSA) is 73.3 Å². The van der Waals surface area contributed by atoms with E-state index >= 15 is 0 Å². The van der Waals surface area contributed by atoms with Crippen LogP contribution in [-0.4, -0.2) is 28.3 Å². The molecule has 3 aromatic carbocycles. The smallest absolute Gasteiger partial charge is 0.231 e. The molecule has 1 aromatic heterocycles. The molecule has 1 aliphatic heterocycles. The molecule has 4 aromatic rings. The van der Waals surface area contributed by atoms with E-state index in [0.29, 0.717) is 28.0 Å². The van der Waals surface area contributed by atoms with E-state index in [0.717, 1.165) is 16.6 Å². The van der Waals surface area contributed by atoms with Crippen molar-refractivity contribution in [3.05, 3.63) is 78.1 Å². The Kier molecular flexibility index (Phi) is 5.13. The lowest BCUT2D eigenvalue weighted by atomic mass is 10.1. The van der Waals surface area contributed by atoms with Crippen molar-refractivity contribution in [3.63, 3.8) is 0 Å². The average Bonchev–Trinajstić information content (AvgIpc) is 3.26. The average molecular weight is 433 g/mol. The quantitative estimate of drug-likeness (QED) is 0.254. The fraction of sp³-hybridized carbons (Fsp3) is 0.0870. The number of aromatic nitrogens is 2. The minimum absolute atomic E-state index is 0.118. The molecular formula is C23H16FN3O3S. The van der Waals surface area contributed by atoms with Gasteiger partial charge >= 0.3 is 0 Å². The summed E-state index contributed by atoms with van der Waals surface area (Å²) in [6.45, 7) is 0.206. The predicted molar refractivity (Wildman–Crippen MR) is 117 cm³/mol. The highest BCUT2D eigenvalue weighted by molar-refractivity contribution is 7.99. The maximum Gasteiger partial charge on any atom is 0.231 e. The summed E-state index contributed by atoms with van der Waals surface area (Å²) >= 11 is 1.24. The number of hydrogen-bond donors (Lipinski definition) is 1. The van der Waals surface area contributed by atoms with E-state index in [-0.39, 0.29) is 24.1 Å². The summed E-state index contributed by atoms with van der Waals surface area (Å²) < 4.78 is 23.9. The van der Waals surface area contributed by atoms with Crippen LogP contribution in [0.5, 0.6) is 11.5 Å². The molecule has 1 aliphatic rings. The number of para-hydroxylation sites is 1. The number of benzene rings is 3. The largest absolute Gasteiger partial charge is 0.454 e. The molecule has 31 heavy (non-hydrogen) atoms. The Labute approximate surface area is 181 Å². The molecule has 0 amide bonds. The maximum atomic E-state index is 13.1. The van der Waals surface area contributed by atoms with Crippen LogP contribution in [0.4, 0.5) is 15.9 Å². The number of rotatable bonds is 6. The van der Waals surface area contributed by atoms with Gasteiger partial charge in [-0.2, -0.15) is 0 Å². The van der Waals surface area contributed by atoms with Gasteiger partial charge in [-0.25, -0.2) is 14.4 Å². The summed E-state index contributed by atoms with van der Waals surface area (Å²) in [6.07, 6.45) is 0. The van der Waals surface area contributed by atoms with Gasteiger partial charge in [-0.05, 0) is 48.5 Å². The highest BCUT2D eigenvalue weighted by atomic mass is 32.2. The zero-order valence-electron chi connectivity index (χ0n) is 16.2. The monoisotopic (exact) mass is 433 g/mol.